The Bertz CT molecular complexity index is 638. The molecule has 2 aromatic rings. The zero-order valence-electron chi connectivity index (χ0n) is 10.4. The van der Waals surface area contributed by atoms with Crippen LogP contribution in [0.2, 0.25) is 0 Å². The average molecular weight is 258 g/mol. The first kappa shape index (κ1) is 12.0. The Labute approximate surface area is 110 Å². The van der Waals surface area contributed by atoms with E-state index in [-0.39, 0.29) is 6.10 Å². The van der Waals surface area contributed by atoms with Crippen molar-refractivity contribution in [2.24, 2.45) is 0 Å². The van der Waals surface area contributed by atoms with Gasteiger partial charge in [0.05, 0.1) is 43.5 Å². The molecule has 98 valence electrons. The Hall–Kier alpha value is -2.10. The molecule has 0 amide bonds. The van der Waals surface area contributed by atoms with Gasteiger partial charge in [0.2, 0.25) is 5.95 Å². The van der Waals surface area contributed by atoms with Crippen LogP contribution in [0.5, 0.6) is 0 Å². The first-order valence-corrected chi connectivity index (χ1v) is 6.14. The molecular weight excluding hydrogens is 244 g/mol. The lowest BCUT2D eigenvalue weighted by molar-refractivity contribution is -0.0930. The van der Waals surface area contributed by atoms with E-state index >= 15 is 0 Å². The highest BCUT2D eigenvalue weighted by atomic mass is 16.6. The van der Waals surface area contributed by atoms with E-state index < -0.39 is 0 Å². The summed E-state index contributed by atoms with van der Waals surface area (Å²) in [4.78, 5) is 4.27. The number of nitriles is 1. The van der Waals surface area contributed by atoms with Crippen molar-refractivity contribution in [2.75, 3.05) is 25.6 Å². The maximum absolute atomic E-state index is 9.07. The van der Waals surface area contributed by atoms with Gasteiger partial charge in [0, 0.05) is 0 Å². The van der Waals surface area contributed by atoms with E-state index in [1.54, 1.807) is 6.07 Å². The number of nitrogens with zero attached hydrogens (tertiary/aromatic N) is 3. The maximum Gasteiger partial charge on any atom is 0.201 e. The number of para-hydroxylation sites is 1. The van der Waals surface area contributed by atoms with Gasteiger partial charge in [-0.15, -0.1) is 0 Å². The molecule has 2 heterocycles. The lowest BCUT2D eigenvalue weighted by Crippen LogP contribution is -2.32. The highest BCUT2D eigenvalue weighted by Crippen LogP contribution is 2.22. The van der Waals surface area contributed by atoms with Crippen LogP contribution in [-0.4, -0.2) is 35.5 Å². The molecule has 1 aromatic heterocycles. The molecule has 1 aliphatic heterocycles. The summed E-state index contributed by atoms with van der Waals surface area (Å²) < 4.78 is 12.9. The summed E-state index contributed by atoms with van der Waals surface area (Å²) in [6, 6.07) is 7.60. The van der Waals surface area contributed by atoms with Crippen molar-refractivity contribution in [2.45, 2.75) is 12.6 Å². The molecule has 2 N–H and O–H groups in total. The highest BCUT2D eigenvalue weighted by Gasteiger charge is 2.19. The van der Waals surface area contributed by atoms with Crippen LogP contribution in [0.25, 0.3) is 11.0 Å². The molecule has 3 rings (SSSR count). The number of nitrogen functional groups attached to an aromatic ring is 1. The topological polar surface area (TPSA) is 86.1 Å². The summed E-state index contributed by atoms with van der Waals surface area (Å²) in [6.07, 6.45) is -0.0285. The summed E-state index contributed by atoms with van der Waals surface area (Å²) in [5.41, 5.74) is 7.96. The monoisotopic (exact) mass is 258 g/mol. The van der Waals surface area contributed by atoms with E-state index in [0.29, 0.717) is 43.4 Å². The van der Waals surface area contributed by atoms with Gasteiger partial charge in [0.25, 0.3) is 0 Å². The molecule has 1 aromatic carbocycles. The van der Waals surface area contributed by atoms with Crippen LogP contribution in [-0.2, 0) is 16.0 Å². The SMILES string of the molecule is N#Cc1cccc2c1nc(N)n2CC1COCCO1. The normalized spacial score (nSPS) is 19.4. The Morgan fingerprint density at radius 3 is 3.11 bits per heavy atom. The number of hydrogen-bond donors (Lipinski definition) is 1. The first-order chi connectivity index (χ1) is 9.29. The molecule has 0 saturated carbocycles. The van der Waals surface area contributed by atoms with E-state index in [9.17, 15) is 0 Å². The van der Waals surface area contributed by atoms with Crippen molar-refractivity contribution < 1.29 is 9.47 Å². The van der Waals surface area contributed by atoms with Crippen LogP contribution in [0.15, 0.2) is 18.2 Å². The predicted molar refractivity (Wildman–Crippen MR) is 69.4 cm³/mol. The third kappa shape index (κ3) is 2.14. The van der Waals surface area contributed by atoms with Crippen LogP contribution in [0.3, 0.4) is 0 Å². The molecule has 0 bridgehead atoms. The molecule has 19 heavy (non-hydrogen) atoms. The van der Waals surface area contributed by atoms with Gasteiger partial charge in [-0.2, -0.15) is 5.26 Å². The Morgan fingerprint density at radius 2 is 2.37 bits per heavy atom. The van der Waals surface area contributed by atoms with Crippen molar-refractivity contribution in [1.82, 2.24) is 9.55 Å². The van der Waals surface area contributed by atoms with Crippen molar-refractivity contribution >= 4 is 17.0 Å². The fourth-order valence-electron chi connectivity index (χ4n) is 2.29. The molecule has 1 fully saturated rings. The van der Waals surface area contributed by atoms with E-state index in [1.165, 1.54) is 0 Å². The number of nitrogens with two attached hydrogens (primary N) is 1. The van der Waals surface area contributed by atoms with Gasteiger partial charge in [-0.05, 0) is 12.1 Å². The molecule has 1 atom stereocenters. The zero-order chi connectivity index (χ0) is 13.2. The lowest BCUT2D eigenvalue weighted by Gasteiger charge is -2.23. The molecule has 0 radical (unpaired) electrons. The standard InChI is InChI=1S/C13H14N4O2/c14-6-9-2-1-3-11-12(9)16-13(15)17(11)7-10-8-18-4-5-19-10/h1-3,10H,4-5,7-8H2,(H2,15,16). The fourth-order valence-corrected chi connectivity index (χ4v) is 2.29. The minimum Gasteiger partial charge on any atom is -0.376 e. The number of ether oxygens (including phenoxy) is 2. The number of imidazole rings is 1. The number of rotatable bonds is 2. The number of hydrogen-bond acceptors (Lipinski definition) is 5. The second-order valence-electron chi connectivity index (χ2n) is 4.43. The Morgan fingerprint density at radius 1 is 1.47 bits per heavy atom. The largest absolute Gasteiger partial charge is 0.376 e. The van der Waals surface area contributed by atoms with Gasteiger partial charge < -0.3 is 19.8 Å². The third-order valence-corrected chi connectivity index (χ3v) is 3.20. The van der Waals surface area contributed by atoms with Crippen molar-refractivity contribution in [1.29, 1.82) is 5.26 Å². The summed E-state index contributed by atoms with van der Waals surface area (Å²) in [5, 5.41) is 9.07. The lowest BCUT2D eigenvalue weighted by atomic mass is 10.2. The summed E-state index contributed by atoms with van der Waals surface area (Å²) in [7, 11) is 0. The van der Waals surface area contributed by atoms with Gasteiger partial charge in [0.1, 0.15) is 11.6 Å². The van der Waals surface area contributed by atoms with Crippen LogP contribution in [0.1, 0.15) is 5.56 Å². The summed E-state index contributed by atoms with van der Waals surface area (Å²) >= 11 is 0. The summed E-state index contributed by atoms with van der Waals surface area (Å²) in [5.74, 6) is 0.395. The fraction of sp³-hybridized carbons (Fsp3) is 0.385. The van der Waals surface area contributed by atoms with E-state index in [2.05, 4.69) is 11.1 Å². The third-order valence-electron chi connectivity index (χ3n) is 3.20. The molecule has 1 saturated heterocycles. The number of aromatic nitrogens is 2. The molecule has 1 unspecified atom stereocenters. The van der Waals surface area contributed by atoms with E-state index in [1.807, 2.05) is 16.7 Å². The second-order valence-corrected chi connectivity index (χ2v) is 4.43. The highest BCUT2D eigenvalue weighted by molar-refractivity contribution is 5.83. The predicted octanol–water partition coefficient (Wildman–Crippen LogP) is 0.906. The van der Waals surface area contributed by atoms with Crippen molar-refractivity contribution in [3.05, 3.63) is 23.8 Å². The smallest absolute Gasteiger partial charge is 0.201 e. The minimum atomic E-state index is -0.0285. The molecular formula is C13H14N4O2. The number of fused-ring (bicyclic) bond motifs is 1. The Balaban J connectivity index is 1.99. The molecule has 1 aliphatic rings. The molecule has 6 heteroatoms. The van der Waals surface area contributed by atoms with Gasteiger partial charge in [-0.1, -0.05) is 6.07 Å². The van der Waals surface area contributed by atoms with E-state index in [4.69, 9.17) is 20.5 Å². The van der Waals surface area contributed by atoms with Gasteiger partial charge in [0.15, 0.2) is 0 Å². The van der Waals surface area contributed by atoms with Crippen LogP contribution < -0.4 is 5.73 Å². The second kappa shape index (κ2) is 4.88. The number of benzene rings is 1. The quantitative estimate of drug-likeness (QED) is 0.865. The van der Waals surface area contributed by atoms with Crippen molar-refractivity contribution in [3.8, 4) is 6.07 Å². The van der Waals surface area contributed by atoms with Crippen LogP contribution in [0.4, 0.5) is 5.95 Å². The zero-order valence-corrected chi connectivity index (χ0v) is 10.4. The average Bonchev–Trinajstić information content (AvgIpc) is 2.76. The first-order valence-electron chi connectivity index (χ1n) is 6.14. The molecule has 6 nitrogen and oxygen atoms in total. The summed E-state index contributed by atoms with van der Waals surface area (Å²) in [6.45, 7) is 2.37. The van der Waals surface area contributed by atoms with Crippen LogP contribution in [0, 0.1) is 11.3 Å². The van der Waals surface area contributed by atoms with Crippen LogP contribution >= 0.6 is 0 Å². The molecule has 0 spiro atoms. The number of anilines is 1. The minimum absolute atomic E-state index is 0.0285. The maximum atomic E-state index is 9.07. The van der Waals surface area contributed by atoms with Crippen molar-refractivity contribution in [3.63, 3.8) is 0 Å². The van der Waals surface area contributed by atoms with Gasteiger partial charge >= 0.3 is 0 Å². The van der Waals surface area contributed by atoms with Gasteiger partial charge in [-0.25, -0.2) is 4.98 Å². The Kier molecular flexibility index (Phi) is 3.07. The molecule has 0 aliphatic carbocycles. The van der Waals surface area contributed by atoms with Gasteiger partial charge in [-0.3, -0.25) is 0 Å². The van der Waals surface area contributed by atoms with E-state index in [0.717, 1.165) is 5.52 Å².